The Morgan fingerprint density at radius 1 is 1.13 bits per heavy atom. The number of nitrogens with two attached hydrogens (primary N) is 1. The van der Waals surface area contributed by atoms with Crippen LogP contribution in [-0.4, -0.2) is 17.7 Å². The average molecular weight is 322 g/mol. The first-order valence-corrected chi connectivity index (χ1v) is 7.37. The summed E-state index contributed by atoms with van der Waals surface area (Å²) in [6.45, 7) is 5.79. The molecule has 0 aliphatic heterocycles. The third kappa shape index (κ3) is 4.31. The van der Waals surface area contributed by atoms with Crippen LogP contribution in [-0.2, 0) is 0 Å². The molecular formula is C17H20F2N2O2. The Morgan fingerprint density at radius 3 is 2.57 bits per heavy atom. The van der Waals surface area contributed by atoms with Gasteiger partial charge in [0.1, 0.15) is 24.3 Å². The molecule has 0 aliphatic carbocycles. The molecule has 2 aromatic rings. The fourth-order valence-electron chi connectivity index (χ4n) is 2.08. The maximum Gasteiger partial charge on any atom is 0.165 e. The molecule has 0 bridgehead atoms. The van der Waals surface area contributed by atoms with Crippen LogP contribution in [0, 0.1) is 11.6 Å². The molecular weight excluding hydrogens is 302 g/mol. The summed E-state index contributed by atoms with van der Waals surface area (Å²) in [6, 6.07) is 4.72. The lowest BCUT2D eigenvalue weighted by Crippen LogP contribution is -2.22. The summed E-state index contributed by atoms with van der Waals surface area (Å²) in [5.41, 5.74) is 7.28. The molecule has 0 radical (unpaired) electrons. The fraction of sp³-hybridized carbons (Fsp3) is 0.353. The second kappa shape index (κ2) is 7.26. The summed E-state index contributed by atoms with van der Waals surface area (Å²) in [5, 5.41) is 0. The van der Waals surface area contributed by atoms with Gasteiger partial charge in [-0.1, -0.05) is 13.8 Å². The number of ether oxygens (including phenoxy) is 2. The normalized spacial score (nSPS) is 12.3. The third-order valence-electron chi connectivity index (χ3n) is 3.22. The van der Waals surface area contributed by atoms with Crippen LogP contribution in [0.5, 0.6) is 11.5 Å². The summed E-state index contributed by atoms with van der Waals surface area (Å²) >= 11 is 0. The maximum absolute atomic E-state index is 13.5. The largest absolute Gasteiger partial charge is 0.487 e. The van der Waals surface area contributed by atoms with Crippen LogP contribution >= 0.6 is 0 Å². The van der Waals surface area contributed by atoms with Crippen LogP contribution in [0.2, 0.25) is 0 Å². The van der Waals surface area contributed by atoms with Crippen LogP contribution in [0.3, 0.4) is 0 Å². The first-order chi connectivity index (χ1) is 10.9. The molecule has 0 spiro atoms. The molecule has 0 saturated carbocycles. The van der Waals surface area contributed by atoms with Gasteiger partial charge in [0.15, 0.2) is 11.6 Å². The number of benzene rings is 1. The SMILES string of the molecule is CC(C)c1nccc(O[C@@H](C)COc2cc(F)ccc2F)c1N. The van der Waals surface area contributed by atoms with E-state index in [-0.39, 0.29) is 18.3 Å². The number of rotatable bonds is 6. The van der Waals surface area contributed by atoms with Gasteiger partial charge in [-0.25, -0.2) is 8.78 Å². The Bertz CT molecular complexity index is 678. The van der Waals surface area contributed by atoms with Crippen molar-refractivity contribution in [3.05, 3.63) is 47.8 Å². The lowest BCUT2D eigenvalue weighted by atomic mass is 10.1. The van der Waals surface area contributed by atoms with E-state index in [1.807, 2.05) is 13.8 Å². The molecule has 124 valence electrons. The first kappa shape index (κ1) is 17.0. The van der Waals surface area contributed by atoms with Crippen LogP contribution in [0.4, 0.5) is 14.5 Å². The number of nitrogen functional groups attached to an aromatic ring is 1. The zero-order valence-electron chi connectivity index (χ0n) is 13.3. The molecule has 1 aromatic carbocycles. The van der Waals surface area contributed by atoms with Gasteiger partial charge in [0.2, 0.25) is 0 Å². The van der Waals surface area contributed by atoms with E-state index in [1.165, 1.54) is 0 Å². The number of hydrogen-bond donors (Lipinski definition) is 1. The molecule has 1 heterocycles. The van der Waals surface area contributed by atoms with Crippen molar-refractivity contribution < 1.29 is 18.3 Å². The lowest BCUT2D eigenvalue weighted by Gasteiger charge is -2.18. The van der Waals surface area contributed by atoms with Gasteiger partial charge in [0, 0.05) is 18.3 Å². The van der Waals surface area contributed by atoms with Crippen molar-refractivity contribution in [1.29, 1.82) is 0 Å². The standard InChI is InChI=1S/C17H20F2N2O2/c1-10(2)17-16(20)14(6-7-21-17)23-11(3)9-22-15-8-12(18)4-5-13(15)19/h4-8,10-11H,9,20H2,1-3H3/t11-/m0/s1. The average Bonchev–Trinajstić information content (AvgIpc) is 2.50. The van der Waals surface area contributed by atoms with E-state index in [2.05, 4.69) is 4.98 Å². The molecule has 23 heavy (non-hydrogen) atoms. The smallest absolute Gasteiger partial charge is 0.165 e. The van der Waals surface area contributed by atoms with Crippen molar-refractivity contribution in [3.8, 4) is 11.5 Å². The van der Waals surface area contributed by atoms with Crippen LogP contribution in [0.25, 0.3) is 0 Å². The van der Waals surface area contributed by atoms with Crippen molar-refractivity contribution in [3.63, 3.8) is 0 Å². The Balaban J connectivity index is 2.01. The molecule has 0 unspecified atom stereocenters. The molecule has 1 atom stereocenters. The Hall–Kier alpha value is -2.37. The Kier molecular flexibility index (Phi) is 5.36. The number of nitrogens with zero attached hydrogens (tertiary/aromatic N) is 1. The molecule has 1 aromatic heterocycles. The molecule has 0 fully saturated rings. The quantitative estimate of drug-likeness (QED) is 0.876. The molecule has 0 aliphatic rings. The van der Waals surface area contributed by atoms with Gasteiger partial charge in [-0.2, -0.15) is 0 Å². The number of anilines is 1. The van der Waals surface area contributed by atoms with E-state index in [0.717, 1.165) is 23.9 Å². The highest BCUT2D eigenvalue weighted by atomic mass is 19.1. The topological polar surface area (TPSA) is 57.4 Å². The minimum absolute atomic E-state index is 0.0547. The second-order valence-electron chi connectivity index (χ2n) is 5.58. The lowest BCUT2D eigenvalue weighted by molar-refractivity contribution is 0.140. The van der Waals surface area contributed by atoms with E-state index in [1.54, 1.807) is 19.2 Å². The van der Waals surface area contributed by atoms with Gasteiger partial charge < -0.3 is 15.2 Å². The van der Waals surface area contributed by atoms with E-state index in [4.69, 9.17) is 15.2 Å². The van der Waals surface area contributed by atoms with E-state index in [9.17, 15) is 8.78 Å². The van der Waals surface area contributed by atoms with E-state index in [0.29, 0.717) is 11.4 Å². The van der Waals surface area contributed by atoms with Gasteiger partial charge in [-0.15, -0.1) is 0 Å². The highest BCUT2D eigenvalue weighted by Gasteiger charge is 2.14. The number of aromatic nitrogens is 1. The number of hydrogen-bond acceptors (Lipinski definition) is 4. The number of halogens is 2. The summed E-state index contributed by atoms with van der Waals surface area (Å²) < 4.78 is 37.6. The van der Waals surface area contributed by atoms with Crippen LogP contribution < -0.4 is 15.2 Å². The predicted molar refractivity (Wildman–Crippen MR) is 84.7 cm³/mol. The maximum atomic E-state index is 13.5. The van der Waals surface area contributed by atoms with Gasteiger partial charge in [0.25, 0.3) is 0 Å². The van der Waals surface area contributed by atoms with Crippen molar-refractivity contribution >= 4 is 5.69 Å². The fourth-order valence-corrected chi connectivity index (χ4v) is 2.08. The summed E-state index contributed by atoms with van der Waals surface area (Å²) in [4.78, 5) is 4.23. The summed E-state index contributed by atoms with van der Waals surface area (Å²) in [7, 11) is 0. The van der Waals surface area contributed by atoms with Crippen LogP contribution in [0.1, 0.15) is 32.4 Å². The predicted octanol–water partition coefficient (Wildman–Crippen LogP) is 3.91. The monoisotopic (exact) mass is 322 g/mol. The van der Waals surface area contributed by atoms with E-state index >= 15 is 0 Å². The summed E-state index contributed by atoms with van der Waals surface area (Å²) in [5.74, 6) is -0.656. The molecule has 6 heteroatoms. The van der Waals surface area contributed by atoms with Crippen molar-refractivity contribution in [1.82, 2.24) is 4.98 Å². The zero-order valence-corrected chi connectivity index (χ0v) is 13.3. The molecule has 4 nitrogen and oxygen atoms in total. The van der Waals surface area contributed by atoms with Gasteiger partial charge in [0.05, 0.1) is 11.4 Å². The zero-order chi connectivity index (χ0) is 17.0. The minimum Gasteiger partial charge on any atom is -0.487 e. The number of pyridine rings is 1. The summed E-state index contributed by atoms with van der Waals surface area (Å²) in [6.07, 6.45) is 1.23. The third-order valence-corrected chi connectivity index (χ3v) is 3.22. The molecule has 2 rings (SSSR count). The first-order valence-electron chi connectivity index (χ1n) is 7.37. The highest BCUT2D eigenvalue weighted by molar-refractivity contribution is 5.56. The Morgan fingerprint density at radius 2 is 1.87 bits per heavy atom. The van der Waals surface area contributed by atoms with Crippen LogP contribution in [0.15, 0.2) is 30.5 Å². The molecule has 0 amide bonds. The van der Waals surface area contributed by atoms with Crippen molar-refractivity contribution in [2.75, 3.05) is 12.3 Å². The van der Waals surface area contributed by atoms with E-state index < -0.39 is 17.7 Å². The minimum atomic E-state index is -0.621. The highest BCUT2D eigenvalue weighted by Crippen LogP contribution is 2.29. The van der Waals surface area contributed by atoms with Gasteiger partial charge >= 0.3 is 0 Å². The van der Waals surface area contributed by atoms with Gasteiger partial charge in [-0.05, 0) is 25.0 Å². The second-order valence-corrected chi connectivity index (χ2v) is 5.58. The van der Waals surface area contributed by atoms with Gasteiger partial charge in [-0.3, -0.25) is 4.98 Å². The van der Waals surface area contributed by atoms with Crippen molar-refractivity contribution in [2.45, 2.75) is 32.8 Å². The molecule has 2 N–H and O–H groups in total. The molecule has 0 saturated heterocycles. The Labute approximate surface area is 134 Å². The van der Waals surface area contributed by atoms with Crippen molar-refractivity contribution in [2.24, 2.45) is 0 Å².